The van der Waals surface area contributed by atoms with Crippen LogP contribution < -0.4 is 0 Å². The molecule has 0 spiro atoms. The molecule has 84 valence electrons. The smallest absolute Gasteiger partial charge is 0.389 e. The first-order chi connectivity index (χ1) is 6.38. The molecule has 1 aliphatic heterocycles. The van der Waals surface area contributed by atoms with Gasteiger partial charge in [-0.1, -0.05) is 0 Å². The van der Waals surface area contributed by atoms with E-state index in [4.69, 9.17) is 4.74 Å². The zero-order valence-electron chi connectivity index (χ0n) is 8.05. The Morgan fingerprint density at radius 2 is 2.07 bits per heavy atom. The molecule has 0 bridgehead atoms. The van der Waals surface area contributed by atoms with Crippen molar-refractivity contribution in [3.05, 3.63) is 0 Å². The van der Waals surface area contributed by atoms with E-state index in [2.05, 4.69) is 0 Å². The van der Waals surface area contributed by atoms with Gasteiger partial charge in [0.2, 0.25) is 0 Å². The number of alkyl halides is 3. The Hall–Kier alpha value is -0.290. The van der Waals surface area contributed by atoms with Crippen molar-refractivity contribution in [3.63, 3.8) is 0 Å². The summed E-state index contributed by atoms with van der Waals surface area (Å²) >= 11 is 0. The largest absolute Gasteiger partial charge is 0.390 e. The third-order valence-corrected chi connectivity index (χ3v) is 2.42. The van der Waals surface area contributed by atoms with Crippen LogP contribution in [-0.2, 0) is 4.74 Å². The van der Waals surface area contributed by atoms with E-state index in [0.717, 1.165) is 6.42 Å². The van der Waals surface area contributed by atoms with Crippen molar-refractivity contribution in [1.82, 2.24) is 0 Å². The molecular formula is C9H15F3O2. The predicted molar refractivity (Wildman–Crippen MR) is 44.9 cm³/mol. The molecule has 14 heavy (non-hydrogen) atoms. The van der Waals surface area contributed by atoms with Crippen LogP contribution in [0.4, 0.5) is 13.2 Å². The molecule has 0 radical (unpaired) electrons. The molecule has 0 aliphatic carbocycles. The number of rotatable bonds is 3. The van der Waals surface area contributed by atoms with Gasteiger partial charge >= 0.3 is 6.18 Å². The van der Waals surface area contributed by atoms with Crippen molar-refractivity contribution in [3.8, 4) is 0 Å². The highest BCUT2D eigenvalue weighted by molar-refractivity contribution is 4.77. The van der Waals surface area contributed by atoms with Crippen LogP contribution in [0.5, 0.6) is 0 Å². The Kier molecular flexibility index (Phi) is 3.78. The molecule has 0 saturated carbocycles. The minimum Gasteiger partial charge on any atom is -0.390 e. The summed E-state index contributed by atoms with van der Waals surface area (Å²) in [4.78, 5) is 0. The number of ether oxygens (including phenoxy) is 1. The molecule has 0 amide bonds. The highest BCUT2D eigenvalue weighted by atomic mass is 19.4. The van der Waals surface area contributed by atoms with Crippen molar-refractivity contribution >= 4 is 0 Å². The summed E-state index contributed by atoms with van der Waals surface area (Å²) in [6, 6.07) is 0. The molecule has 2 nitrogen and oxygen atoms in total. The number of hydrogen-bond acceptors (Lipinski definition) is 2. The van der Waals surface area contributed by atoms with E-state index in [-0.39, 0.29) is 12.5 Å². The van der Waals surface area contributed by atoms with Gasteiger partial charge in [0.25, 0.3) is 0 Å². The van der Waals surface area contributed by atoms with Gasteiger partial charge in [-0.15, -0.1) is 0 Å². The Labute approximate surface area is 81.1 Å². The van der Waals surface area contributed by atoms with Gasteiger partial charge in [0.05, 0.1) is 18.3 Å². The summed E-state index contributed by atoms with van der Waals surface area (Å²) in [6.45, 7) is 1.86. The van der Waals surface area contributed by atoms with E-state index in [0.29, 0.717) is 6.42 Å². The van der Waals surface area contributed by atoms with Gasteiger partial charge in [0.1, 0.15) is 0 Å². The zero-order chi connectivity index (χ0) is 10.8. The third kappa shape index (κ3) is 3.84. The minimum atomic E-state index is -4.19. The molecule has 1 aliphatic rings. The van der Waals surface area contributed by atoms with Crippen molar-refractivity contribution < 1.29 is 23.0 Å². The average Bonchev–Trinajstić information content (AvgIpc) is 2.46. The first-order valence-corrected chi connectivity index (χ1v) is 4.79. The summed E-state index contributed by atoms with van der Waals surface area (Å²) in [5.41, 5.74) is 0. The Morgan fingerprint density at radius 3 is 2.50 bits per heavy atom. The van der Waals surface area contributed by atoms with Gasteiger partial charge in [-0.2, -0.15) is 13.2 Å². The highest BCUT2D eigenvalue weighted by Crippen LogP contribution is 2.27. The zero-order valence-corrected chi connectivity index (χ0v) is 8.05. The fourth-order valence-corrected chi connectivity index (χ4v) is 1.61. The van der Waals surface area contributed by atoms with Crippen LogP contribution >= 0.6 is 0 Å². The van der Waals surface area contributed by atoms with Crippen LogP contribution in [-0.4, -0.2) is 29.6 Å². The van der Waals surface area contributed by atoms with Crippen LogP contribution in [0.15, 0.2) is 0 Å². The number of hydrogen-bond donors (Lipinski definition) is 1. The molecule has 5 heteroatoms. The molecule has 0 aromatic heterocycles. The first-order valence-electron chi connectivity index (χ1n) is 4.79. The summed E-state index contributed by atoms with van der Waals surface area (Å²) < 4.78 is 40.8. The molecule has 1 heterocycles. The molecular weight excluding hydrogens is 197 g/mol. The van der Waals surface area contributed by atoms with Crippen LogP contribution in [0.25, 0.3) is 0 Å². The normalized spacial score (nSPS) is 30.6. The SMILES string of the molecule is CC1CCC(C(O)CCC(F)(F)F)O1. The summed E-state index contributed by atoms with van der Waals surface area (Å²) in [7, 11) is 0. The van der Waals surface area contributed by atoms with Gasteiger partial charge in [-0.05, 0) is 26.2 Å². The second-order valence-corrected chi connectivity index (χ2v) is 3.78. The fraction of sp³-hybridized carbons (Fsp3) is 1.00. The van der Waals surface area contributed by atoms with E-state index in [1.807, 2.05) is 6.92 Å². The monoisotopic (exact) mass is 212 g/mol. The highest BCUT2D eigenvalue weighted by Gasteiger charge is 2.33. The quantitative estimate of drug-likeness (QED) is 0.777. The molecule has 1 saturated heterocycles. The van der Waals surface area contributed by atoms with E-state index >= 15 is 0 Å². The number of halogens is 3. The summed E-state index contributed by atoms with van der Waals surface area (Å²) in [5.74, 6) is 0. The number of aliphatic hydroxyl groups is 1. The standard InChI is InChI=1S/C9H15F3O2/c1-6-2-3-8(14-6)7(13)4-5-9(10,11)12/h6-8,13H,2-5H2,1H3. The Morgan fingerprint density at radius 1 is 1.43 bits per heavy atom. The maximum Gasteiger partial charge on any atom is 0.389 e. The topological polar surface area (TPSA) is 29.5 Å². The molecule has 1 rings (SSSR count). The second-order valence-electron chi connectivity index (χ2n) is 3.78. The van der Waals surface area contributed by atoms with Gasteiger partial charge in [0, 0.05) is 6.42 Å². The van der Waals surface area contributed by atoms with E-state index in [1.54, 1.807) is 0 Å². The van der Waals surface area contributed by atoms with E-state index in [1.165, 1.54) is 0 Å². The lowest BCUT2D eigenvalue weighted by molar-refractivity contribution is -0.144. The third-order valence-electron chi connectivity index (χ3n) is 2.42. The van der Waals surface area contributed by atoms with Gasteiger partial charge in [0.15, 0.2) is 0 Å². The second kappa shape index (κ2) is 4.49. The van der Waals surface area contributed by atoms with Gasteiger partial charge in [-0.3, -0.25) is 0 Å². The Bertz CT molecular complexity index is 181. The molecule has 1 fully saturated rings. The molecule has 0 aromatic carbocycles. The van der Waals surface area contributed by atoms with Crippen LogP contribution in [0.1, 0.15) is 32.6 Å². The van der Waals surface area contributed by atoms with Crippen molar-refractivity contribution in [2.24, 2.45) is 0 Å². The minimum absolute atomic E-state index is 0.0561. The van der Waals surface area contributed by atoms with Crippen molar-refractivity contribution in [2.75, 3.05) is 0 Å². The van der Waals surface area contributed by atoms with Crippen molar-refractivity contribution in [2.45, 2.75) is 57.1 Å². The van der Waals surface area contributed by atoms with Gasteiger partial charge in [-0.25, -0.2) is 0 Å². The maximum atomic E-state index is 11.8. The average molecular weight is 212 g/mol. The lowest BCUT2D eigenvalue weighted by Crippen LogP contribution is -2.27. The first kappa shape index (κ1) is 11.8. The summed E-state index contributed by atoms with van der Waals surface area (Å²) in [6.07, 6.45) is -5.27. The van der Waals surface area contributed by atoms with E-state index in [9.17, 15) is 18.3 Å². The lowest BCUT2D eigenvalue weighted by atomic mass is 10.1. The summed E-state index contributed by atoms with van der Waals surface area (Å²) in [5, 5.41) is 9.41. The van der Waals surface area contributed by atoms with Crippen LogP contribution in [0, 0.1) is 0 Å². The Balaban J connectivity index is 2.25. The van der Waals surface area contributed by atoms with Crippen LogP contribution in [0.3, 0.4) is 0 Å². The predicted octanol–water partition coefficient (Wildman–Crippen LogP) is 2.26. The maximum absolute atomic E-state index is 11.8. The van der Waals surface area contributed by atoms with Crippen LogP contribution in [0.2, 0.25) is 0 Å². The van der Waals surface area contributed by atoms with Crippen molar-refractivity contribution in [1.29, 1.82) is 0 Å². The fourth-order valence-electron chi connectivity index (χ4n) is 1.61. The molecule has 1 N–H and O–H groups in total. The molecule has 0 aromatic rings. The van der Waals surface area contributed by atoms with Gasteiger partial charge < -0.3 is 9.84 Å². The lowest BCUT2D eigenvalue weighted by Gasteiger charge is -2.18. The molecule has 3 unspecified atom stereocenters. The molecule has 3 atom stereocenters. The van der Waals surface area contributed by atoms with E-state index < -0.39 is 24.8 Å². The number of aliphatic hydroxyl groups excluding tert-OH is 1.